The molecule has 1 aliphatic heterocycles. The number of amides is 1. The Morgan fingerprint density at radius 3 is 2.95 bits per heavy atom. The van der Waals surface area contributed by atoms with Gasteiger partial charge in [-0.25, -0.2) is 4.99 Å². The summed E-state index contributed by atoms with van der Waals surface area (Å²) in [5, 5.41) is 14.4. The van der Waals surface area contributed by atoms with E-state index in [1.165, 1.54) is 11.8 Å². The van der Waals surface area contributed by atoms with Crippen LogP contribution >= 0.6 is 11.8 Å². The van der Waals surface area contributed by atoms with Gasteiger partial charge in [-0.1, -0.05) is 11.8 Å². The minimum Gasteiger partial charge on any atom is -0.476 e. The molecule has 0 aromatic heterocycles. The second-order valence-corrected chi connectivity index (χ2v) is 5.40. The molecule has 0 saturated carbocycles. The summed E-state index contributed by atoms with van der Waals surface area (Å²) in [5.41, 5.74) is 0.317. The van der Waals surface area contributed by atoms with Crippen molar-refractivity contribution in [2.45, 2.75) is 19.4 Å². The fourth-order valence-corrected chi connectivity index (χ4v) is 2.00. The van der Waals surface area contributed by atoms with Crippen molar-refractivity contribution in [1.82, 2.24) is 5.32 Å². The first kappa shape index (κ1) is 14.2. The minimum atomic E-state index is -0.884. The number of aliphatic imine (C=N–C) groups is 1. The van der Waals surface area contributed by atoms with Gasteiger partial charge >= 0.3 is 0 Å². The number of amidine groups is 1. The number of nitriles is 1. The summed E-state index contributed by atoms with van der Waals surface area (Å²) in [5.74, 6) is 0.402. The van der Waals surface area contributed by atoms with Crippen LogP contribution in [0.5, 0.6) is 5.75 Å². The van der Waals surface area contributed by atoms with Crippen molar-refractivity contribution in [1.29, 1.82) is 5.26 Å². The molecule has 104 valence electrons. The first-order valence-corrected chi connectivity index (χ1v) is 7.11. The topological polar surface area (TPSA) is 86.5 Å². The van der Waals surface area contributed by atoms with Crippen molar-refractivity contribution < 1.29 is 9.53 Å². The fourth-order valence-electron chi connectivity index (χ4n) is 1.66. The number of hydrogen-bond donors (Lipinski definition) is 2. The molecule has 0 unspecified atom stereocenters. The highest BCUT2D eigenvalue weighted by Crippen LogP contribution is 2.36. The number of rotatable bonds is 1. The zero-order valence-corrected chi connectivity index (χ0v) is 12.2. The van der Waals surface area contributed by atoms with Gasteiger partial charge in [0, 0.05) is 0 Å². The van der Waals surface area contributed by atoms with E-state index in [2.05, 4.69) is 15.6 Å². The molecule has 1 amide bonds. The number of fused-ring (bicyclic) bond motifs is 1. The standard InChI is InChI=1S/C13H14N4O2S/c1-13(2)11(18)17-9-6-8(4-5-10(9)19-13)16-12(20-3)15-7-14/h4-6H,1-3H3,(H,15,16)(H,17,18). The number of nitrogens with one attached hydrogen (secondary N) is 2. The number of ether oxygens (including phenoxy) is 1. The molecule has 1 heterocycles. The number of benzene rings is 1. The summed E-state index contributed by atoms with van der Waals surface area (Å²) in [6.07, 6.45) is 3.64. The second-order valence-electron chi connectivity index (χ2n) is 4.60. The zero-order valence-electron chi connectivity index (χ0n) is 11.4. The maximum atomic E-state index is 11.8. The lowest BCUT2D eigenvalue weighted by Crippen LogP contribution is -2.45. The van der Waals surface area contributed by atoms with Crippen LogP contribution in [-0.4, -0.2) is 22.9 Å². The van der Waals surface area contributed by atoms with Crippen molar-refractivity contribution in [3.05, 3.63) is 18.2 Å². The summed E-state index contributed by atoms with van der Waals surface area (Å²) in [7, 11) is 0. The van der Waals surface area contributed by atoms with Gasteiger partial charge in [0.25, 0.3) is 5.91 Å². The SMILES string of the molecule is CSC(=Nc1ccc2c(c1)NC(=O)C(C)(C)O2)NC#N. The zero-order chi connectivity index (χ0) is 14.8. The van der Waals surface area contributed by atoms with E-state index in [-0.39, 0.29) is 5.91 Å². The van der Waals surface area contributed by atoms with Gasteiger partial charge in [0.15, 0.2) is 17.0 Å². The number of anilines is 1. The van der Waals surface area contributed by atoms with Crippen LogP contribution in [0.4, 0.5) is 11.4 Å². The van der Waals surface area contributed by atoms with Gasteiger partial charge in [0.1, 0.15) is 5.75 Å². The molecule has 0 atom stereocenters. The lowest BCUT2D eigenvalue weighted by molar-refractivity contribution is -0.129. The van der Waals surface area contributed by atoms with Crippen LogP contribution in [-0.2, 0) is 4.79 Å². The van der Waals surface area contributed by atoms with Crippen LogP contribution in [0.15, 0.2) is 23.2 Å². The quantitative estimate of drug-likeness (QED) is 0.358. The molecule has 20 heavy (non-hydrogen) atoms. The third-order valence-corrected chi connectivity index (χ3v) is 3.29. The van der Waals surface area contributed by atoms with Crippen LogP contribution in [0.3, 0.4) is 0 Å². The van der Waals surface area contributed by atoms with Crippen molar-refractivity contribution in [2.24, 2.45) is 4.99 Å². The van der Waals surface area contributed by atoms with Gasteiger partial charge in [-0.15, -0.1) is 0 Å². The number of thioether (sulfide) groups is 1. The van der Waals surface area contributed by atoms with Gasteiger partial charge in [-0.3, -0.25) is 10.1 Å². The molecule has 2 N–H and O–H groups in total. The summed E-state index contributed by atoms with van der Waals surface area (Å²) in [6.45, 7) is 3.42. The Morgan fingerprint density at radius 2 is 2.30 bits per heavy atom. The Kier molecular flexibility index (Phi) is 3.86. The van der Waals surface area contributed by atoms with E-state index in [9.17, 15) is 4.79 Å². The van der Waals surface area contributed by atoms with Crippen LogP contribution in [0.1, 0.15) is 13.8 Å². The van der Waals surface area contributed by atoms with Crippen molar-refractivity contribution in [3.63, 3.8) is 0 Å². The summed E-state index contributed by atoms with van der Waals surface area (Å²) in [4.78, 5) is 16.1. The molecule has 0 spiro atoms. The molecule has 1 aromatic carbocycles. The second kappa shape index (κ2) is 5.43. The lowest BCUT2D eigenvalue weighted by Gasteiger charge is -2.31. The van der Waals surface area contributed by atoms with Crippen LogP contribution < -0.4 is 15.4 Å². The van der Waals surface area contributed by atoms with Gasteiger partial charge in [0.2, 0.25) is 0 Å². The molecule has 0 aliphatic carbocycles. The third-order valence-electron chi connectivity index (χ3n) is 2.71. The van der Waals surface area contributed by atoms with Crippen molar-refractivity contribution in [2.75, 3.05) is 11.6 Å². The smallest absolute Gasteiger partial charge is 0.268 e. The average molecular weight is 290 g/mol. The number of carbonyl (C=O) groups is 1. The number of nitrogens with zero attached hydrogens (tertiary/aromatic N) is 2. The Bertz CT molecular complexity index is 619. The molecule has 0 radical (unpaired) electrons. The lowest BCUT2D eigenvalue weighted by atomic mass is 10.1. The van der Waals surface area contributed by atoms with Gasteiger partial charge in [-0.2, -0.15) is 5.26 Å². The van der Waals surface area contributed by atoms with Crippen LogP contribution in [0.25, 0.3) is 0 Å². The Labute approximate surface area is 121 Å². The van der Waals surface area contributed by atoms with Crippen LogP contribution in [0, 0.1) is 11.5 Å². The van der Waals surface area contributed by atoms with Gasteiger partial charge in [0.05, 0.1) is 11.4 Å². The van der Waals surface area contributed by atoms with Crippen LogP contribution in [0.2, 0.25) is 0 Å². The molecule has 1 aromatic rings. The minimum absolute atomic E-state index is 0.202. The van der Waals surface area contributed by atoms with E-state index < -0.39 is 5.60 Å². The highest BCUT2D eigenvalue weighted by molar-refractivity contribution is 8.13. The van der Waals surface area contributed by atoms with Gasteiger partial charge < -0.3 is 10.1 Å². The number of carbonyl (C=O) groups excluding carboxylic acids is 1. The molecule has 0 fully saturated rings. The largest absolute Gasteiger partial charge is 0.476 e. The van der Waals surface area contributed by atoms with Crippen molar-refractivity contribution >= 4 is 34.2 Å². The highest BCUT2D eigenvalue weighted by atomic mass is 32.2. The average Bonchev–Trinajstić information content (AvgIpc) is 2.39. The van der Waals surface area contributed by atoms with E-state index >= 15 is 0 Å². The Balaban J connectivity index is 2.32. The van der Waals surface area contributed by atoms with E-state index in [0.717, 1.165) is 0 Å². The monoisotopic (exact) mass is 290 g/mol. The fraction of sp³-hybridized carbons (Fsp3) is 0.308. The predicted octanol–water partition coefficient (Wildman–Crippen LogP) is 2.22. The maximum absolute atomic E-state index is 11.8. The molecule has 0 saturated heterocycles. The van der Waals surface area contributed by atoms with Gasteiger partial charge in [-0.05, 0) is 38.3 Å². The van der Waals surface area contributed by atoms with E-state index in [1.807, 2.05) is 12.4 Å². The number of hydrogen-bond acceptors (Lipinski definition) is 5. The summed E-state index contributed by atoms with van der Waals surface area (Å²) in [6, 6.07) is 5.22. The molecule has 7 heteroatoms. The Morgan fingerprint density at radius 1 is 1.55 bits per heavy atom. The van der Waals surface area contributed by atoms with E-state index in [1.54, 1.807) is 32.0 Å². The molecule has 1 aliphatic rings. The molecule has 6 nitrogen and oxygen atoms in total. The first-order valence-electron chi connectivity index (χ1n) is 5.88. The highest BCUT2D eigenvalue weighted by Gasteiger charge is 2.35. The molecular formula is C13H14N4O2S. The predicted molar refractivity (Wildman–Crippen MR) is 79.1 cm³/mol. The third kappa shape index (κ3) is 2.86. The molecule has 0 bridgehead atoms. The summed E-state index contributed by atoms with van der Waals surface area (Å²) >= 11 is 1.32. The molecule has 2 rings (SSSR count). The normalized spacial score (nSPS) is 16.5. The summed E-state index contributed by atoms with van der Waals surface area (Å²) < 4.78 is 5.63. The van der Waals surface area contributed by atoms with Crippen molar-refractivity contribution in [3.8, 4) is 11.9 Å². The van der Waals surface area contributed by atoms with E-state index in [0.29, 0.717) is 22.3 Å². The first-order chi connectivity index (χ1) is 9.46. The Hall–Kier alpha value is -2.20. The molecular weight excluding hydrogens is 276 g/mol. The maximum Gasteiger partial charge on any atom is 0.268 e. The van der Waals surface area contributed by atoms with E-state index in [4.69, 9.17) is 10.00 Å².